The van der Waals surface area contributed by atoms with Gasteiger partial charge in [0.2, 0.25) is 0 Å². The fourth-order valence-electron chi connectivity index (χ4n) is 1.40. The summed E-state index contributed by atoms with van der Waals surface area (Å²) in [6.45, 7) is 1.03. The molecular formula is C8H12N4O3. The highest BCUT2D eigenvalue weighted by atomic mass is 16.6. The van der Waals surface area contributed by atoms with Gasteiger partial charge < -0.3 is 15.2 Å². The lowest BCUT2D eigenvalue weighted by molar-refractivity contribution is 0.128. The van der Waals surface area contributed by atoms with Crippen molar-refractivity contribution < 1.29 is 14.6 Å². The van der Waals surface area contributed by atoms with Crippen LogP contribution >= 0.6 is 0 Å². The van der Waals surface area contributed by atoms with Crippen molar-refractivity contribution in [2.24, 2.45) is 0 Å². The highest BCUT2D eigenvalue weighted by molar-refractivity contribution is 5.69. The summed E-state index contributed by atoms with van der Waals surface area (Å²) in [4.78, 5) is 10.7. The maximum atomic E-state index is 10.7. The zero-order valence-electron chi connectivity index (χ0n) is 8.09. The fraction of sp³-hybridized carbons (Fsp3) is 0.625. The van der Waals surface area contributed by atoms with Gasteiger partial charge in [0.15, 0.2) is 0 Å². The summed E-state index contributed by atoms with van der Waals surface area (Å²) in [5, 5.41) is 19.0. The number of cyclic esters (lactones) is 1. The Labute approximate surface area is 86.0 Å². The summed E-state index contributed by atoms with van der Waals surface area (Å²) in [5.41, 5.74) is 0.731. The van der Waals surface area contributed by atoms with Crippen LogP contribution in [0.15, 0.2) is 6.20 Å². The average molecular weight is 212 g/mol. The van der Waals surface area contributed by atoms with Gasteiger partial charge in [-0.05, 0) is 0 Å². The van der Waals surface area contributed by atoms with E-state index in [4.69, 9.17) is 9.84 Å². The molecule has 7 heteroatoms. The molecule has 1 atom stereocenters. The van der Waals surface area contributed by atoms with E-state index in [0.29, 0.717) is 19.5 Å². The Hall–Kier alpha value is -1.63. The Morgan fingerprint density at radius 3 is 3.27 bits per heavy atom. The van der Waals surface area contributed by atoms with Gasteiger partial charge in [0, 0.05) is 19.2 Å². The summed E-state index contributed by atoms with van der Waals surface area (Å²) < 4.78 is 6.55. The van der Waals surface area contributed by atoms with Gasteiger partial charge in [-0.3, -0.25) is 0 Å². The van der Waals surface area contributed by atoms with Crippen LogP contribution in [0.1, 0.15) is 5.69 Å². The molecule has 2 N–H and O–H groups in total. The Balaban J connectivity index is 1.90. The highest BCUT2D eigenvalue weighted by Gasteiger charge is 2.23. The first-order chi connectivity index (χ1) is 7.28. The van der Waals surface area contributed by atoms with E-state index in [9.17, 15) is 4.79 Å². The zero-order chi connectivity index (χ0) is 10.7. The molecule has 1 aliphatic heterocycles. The standard InChI is InChI=1S/C8H12N4O3/c13-2-1-6-4-12(11-10-6)5-7-3-9-8(14)15-7/h4,7,13H,1-3,5H2,(H,9,14). The van der Waals surface area contributed by atoms with Crippen molar-refractivity contribution in [2.75, 3.05) is 13.2 Å². The van der Waals surface area contributed by atoms with Gasteiger partial charge in [-0.2, -0.15) is 0 Å². The van der Waals surface area contributed by atoms with E-state index in [-0.39, 0.29) is 12.7 Å². The quantitative estimate of drug-likeness (QED) is 0.662. The van der Waals surface area contributed by atoms with Crippen molar-refractivity contribution in [3.63, 3.8) is 0 Å². The molecule has 0 saturated carbocycles. The van der Waals surface area contributed by atoms with Gasteiger partial charge in [0.25, 0.3) is 0 Å². The van der Waals surface area contributed by atoms with Crippen LogP contribution in [0.5, 0.6) is 0 Å². The van der Waals surface area contributed by atoms with Gasteiger partial charge in [-0.15, -0.1) is 5.10 Å². The van der Waals surface area contributed by atoms with Crippen molar-refractivity contribution >= 4 is 6.09 Å². The topological polar surface area (TPSA) is 89.3 Å². The predicted octanol–water partition coefficient (Wildman–Crippen LogP) is -1.08. The second-order valence-corrected chi connectivity index (χ2v) is 3.31. The van der Waals surface area contributed by atoms with Crippen molar-refractivity contribution in [1.29, 1.82) is 0 Å². The molecule has 1 aliphatic rings. The van der Waals surface area contributed by atoms with Crippen molar-refractivity contribution in [3.8, 4) is 0 Å². The maximum Gasteiger partial charge on any atom is 0.407 e. The van der Waals surface area contributed by atoms with Crippen LogP contribution in [0.4, 0.5) is 4.79 Å². The number of alkyl carbamates (subject to hydrolysis) is 1. The minimum Gasteiger partial charge on any atom is -0.442 e. The molecule has 0 spiro atoms. The van der Waals surface area contributed by atoms with E-state index < -0.39 is 6.09 Å². The molecule has 1 aromatic rings. The Morgan fingerprint density at radius 1 is 1.73 bits per heavy atom. The molecule has 2 rings (SSSR count). The third-order valence-electron chi connectivity index (χ3n) is 2.09. The third-order valence-corrected chi connectivity index (χ3v) is 2.09. The number of aliphatic hydroxyl groups excluding tert-OH is 1. The van der Waals surface area contributed by atoms with Crippen LogP contribution in [0.25, 0.3) is 0 Å². The highest BCUT2D eigenvalue weighted by Crippen LogP contribution is 2.03. The molecule has 7 nitrogen and oxygen atoms in total. The summed E-state index contributed by atoms with van der Waals surface area (Å²) >= 11 is 0. The van der Waals surface area contributed by atoms with Gasteiger partial charge in [-0.25, -0.2) is 9.48 Å². The number of rotatable bonds is 4. The average Bonchev–Trinajstić information content (AvgIpc) is 2.78. The maximum absolute atomic E-state index is 10.7. The van der Waals surface area contributed by atoms with E-state index in [2.05, 4.69) is 15.6 Å². The Morgan fingerprint density at radius 2 is 2.60 bits per heavy atom. The van der Waals surface area contributed by atoms with Gasteiger partial charge in [0.05, 0.1) is 18.8 Å². The predicted molar refractivity (Wildman–Crippen MR) is 49.1 cm³/mol. The van der Waals surface area contributed by atoms with Crippen molar-refractivity contribution in [3.05, 3.63) is 11.9 Å². The number of nitrogens with zero attached hydrogens (tertiary/aromatic N) is 3. The normalized spacial score (nSPS) is 20.1. The molecule has 0 aromatic carbocycles. The molecule has 2 heterocycles. The zero-order valence-corrected chi connectivity index (χ0v) is 8.09. The molecule has 1 amide bonds. The van der Waals surface area contributed by atoms with Gasteiger partial charge in [0.1, 0.15) is 6.10 Å². The summed E-state index contributed by atoms with van der Waals surface area (Å²) in [6, 6.07) is 0. The minimum absolute atomic E-state index is 0.0542. The number of aliphatic hydroxyl groups is 1. The molecule has 82 valence electrons. The van der Waals surface area contributed by atoms with Crippen LogP contribution < -0.4 is 5.32 Å². The molecule has 15 heavy (non-hydrogen) atoms. The second kappa shape index (κ2) is 4.26. The molecule has 0 aliphatic carbocycles. The monoisotopic (exact) mass is 212 g/mol. The first-order valence-corrected chi connectivity index (χ1v) is 4.72. The van der Waals surface area contributed by atoms with Crippen LogP contribution in [-0.2, 0) is 17.7 Å². The molecular weight excluding hydrogens is 200 g/mol. The van der Waals surface area contributed by atoms with Crippen LogP contribution in [0, 0.1) is 0 Å². The van der Waals surface area contributed by atoms with Crippen LogP contribution in [-0.4, -0.2) is 45.4 Å². The second-order valence-electron chi connectivity index (χ2n) is 3.31. The number of aromatic nitrogens is 3. The minimum atomic E-state index is -0.393. The molecule has 1 unspecified atom stereocenters. The van der Waals surface area contributed by atoms with E-state index >= 15 is 0 Å². The van der Waals surface area contributed by atoms with Crippen molar-refractivity contribution in [1.82, 2.24) is 20.3 Å². The summed E-state index contributed by atoms with van der Waals surface area (Å²) in [7, 11) is 0. The first-order valence-electron chi connectivity index (χ1n) is 4.72. The summed E-state index contributed by atoms with van der Waals surface area (Å²) in [5.74, 6) is 0. The molecule has 1 fully saturated rings. The first kappa shape index (κ1) is 9.91. The van der Waals surface area contributed by atoms with Crippen LogP contribution in [0.2, 0.25) is 0 Å². The number of ether oxygens (including phenoxy) is 1. The van der Waals surface area contributed by atoms with E-state index in [0.717, 1.165) is 5.69 Å². The van der Waals surface area contributed by atoms with Gasteiger partial charge >= 0.3 is 6.09 Å². The lowest BCUT2D eigenvalue weighted by Crippen LogP contribution is -2.20. The number of amides is 1. The van der Waals surface area contributed by atoms with Gasteiger partial charge in [-0.1, -0.05) is 5.21 Å². The number of nitrogens with one attached hydrogen (secondary N) is 1. The summed E-state index contributed by atoms with van der Waals surface area (Å²) in [6.07, 6.45) is 1.64. The van der Waals surface area contributed by atoms with E-state index in [1.807, 2.05) is 0 Å². The Kier molecular flexibility index (Phi) is 2.82. The molecule has 0 radical (unpaired) electrons. The number of hydrogen-bond donors (Lipinski definition) is 2. The lowest BCUT2D eigenvalue weighted by Gasteiger charge is -2.05. The van der Waals surface area contributed by atoms with Crippen molar-refractivity contribution in [2.45, 2.75) is 19.1 Å². The van der Waals surface area contributed by atoms with Crippen LogP contribution in [0.3, 0.4) is 0 Å². The smallest absolute Gasteiger partial charge is 0.407 e. The molecule has 1 aromatic heterocycles. The van der Waals surface area contributed by atoms with E-state index in [1.54, 1.807) is 10.9 Å². The number of carbonyl (C=O) groups excluding carboxylic acids is 1. The Bertz CT molecular complexity index is 351. The third kappa shape index (κ3) is 2.44. The fourth-order valence-corrected chi connectivity index (χ4v) is 1.40. The molecule has 0 bridgehead atoms. The number of hydrogen-bond acceptors (Lipinski definition) is 5. The number of carbonyl (C=O) groups is 1. The molecule has 1 saturated heterocycles. The largest absolute Gasteiger partial charge is 0.442 e. The van der Waals surface area contributed by atoms with E-state index in [1.165, 1.54) is 0 Å². The SMILES string of the molecule is O=C1NCC(Cn2cc(CCO)nn2)O1. The lowest BCUT2D eigenvalue weighted by atomic mass is 10.3.